The van der Waals surface area contributed by atoms with Gasteiger partial charge in [0.15, 0.2) is 6.10 Å². The molecule has 2 atom stereocenters. The summed E-state index contributed by atoms with van der Waals surface area (Å²) in [4.78, 5) is 14.8. The van der Waals surface area contributed by atoms with Crippen molar-refractivity contribution in [3.05, 3.63) is 71.3 Å². The van der Waals surface area contributed by atoms with Gasteiger partial charge in [-0.05, 0) is 49.3 Å². The van der Waals surface area contributed by atoms with Crippen molar-refractivity contribution < 1.29 is 14.6 Å². The first-order valence-corrected chi connectivity index (χ1v) is 12.6. The third-order valence-electron chi connectivity index (χ3n) is 6.78. The molecule has 1 N–H and O–H groups in total. The molecule has 0 spiro atoms. The van der Waals surface area contributed by atoms with Crippen molar-refractivity contribution in [3.8, 4) is 0 Å². The molecule has 0 radical (unpaired) electrons. The monoisotopic (exact) mass is 467 g/mol. The maximum atomic E-state index is 11.4. The third kappa shape index (κ3) is 7.38. The van der Waals surface area contributed by atoms with Crippen LogP contribution in [0.1, 0.15) is 68.1 Å². The van der Waals surface area contributed by atoms with E-state index in [0.717, 1.165) is 23.4 Å². The summed E-state index contributed by atoms with van der Waals surface area (Å²) in [6, 6.07) is 19.4. The van der Waals surface area contributed by atoms with Crippen LogP contribution in [0, 0.1) is 0 Å². The highest BCUT2D eigenvalue weighted by molar-refractivity contribution is 7.80. The topological polar surface area (TPSA) is 49.8 Å². The zero-order valence-electron chi connectivity index (χ0n) is 19.9. The number of aliphatic carboxylic acids is 1. The van der Waals surface area contributed by atoms with Gasteiger partial charge in [-0.3, -0.25) is 0 Å². The van der Waals surface area contributed by atoms with Crippen molar-refractivity contribution in [1.82, 2.24) is 4.90 Å². The summed E-state index contributed by atoms with van der Waals surface area (Å²) in [5.41, 5.74) is 3.50. The van der Waals surface area contributed by atoms with Gasteiger partial charge in [-0.1, -0.05) is 86.1 Å². The molecule has 3 rings (SSSR count). The Hall–Kier alpha value is -2.24. The number of benzene rings is 2. The first-order chi connectivity index (χ1) is 16.0. The fraction of sp³-hybridized carbons (Fsp3) is 0.500. The Balaban J connectivity index is 1.67. The van der Waals surface area contributed by atoms with Crippen molar-refractivity contribution in [3.63, 3.8) is 0 Å². The number of carboxylic acid groups (broad SMARTS) is 1. The van der Waals surface area contributed by atoms with Gasteiger partial charge in [-0.25, -0.2) is 4.79 Å². The largest absolute Gasteiger partial charge is 0.479 e. The molecule has 1 saturated carbocycles. The van der Waals surface area contributed by atoms with Crippen LogP contribution >= 0.6 is 12.2 Å². The van der Waals surface area contributed by atoms with Gasteiger partial charge in [0.2, 0.25) is 0 Å². The molecule has 178 valence electrons. The van der Waals surface area contributed by atoms with E-state index >= 15 is 0 Å². The second kappa shape index (κ2) is 12.9. The minimum Gasteiger partial charge on any atom is -0.479 e. The number of carbonyl (C=O) groups is 1. The van der Waals surface area contributed by atoms with E-state index in [1.54, 1.807) is 0 Å². The second-order valence-corrected chi connectivity index (χ2v) is 9.46. The normalized spacial score (nSPS) is 16.2. The number of aryl methyl sites for hydroxylation is 1. The Morgan fingerprint density at radius 2 is 1.70 bits per heavy atom. The summed E-state index contributed by atoms with van der Waals surface area (Å²) in [5, 5.41) is 9.32. The molecule has 1 aliphatic carbocycles. The van der Waals surface area contributed by atoms with Crippen molar-refractivity contribution in [2.75, 3.05) is 13.7 Å². The maximum Gasteiger partial charge on any atom is 0.333 e. The Bertz CT molecular complexity index is 878. The molecular formula is C28H37NO3S. The SMILES string of the molecule is CCO[C@H](Cc1ccc(CCC(C(=S)N(C)C2CCCCC2)c2ccccc2)cc1)C(=O)O. The number of carboxylic acids is 1. The third-order valence-corrected chi connectivity index (χ3v) is 7.35. The predicted octanol–water partition coefficient (Wildman–Crippen LogP) is 6.03. The van der Waals surface area contributed by atoms with Crippen LogP contribution in [0.5, 0.6) is 0 Å². The number of ether oxygens (including phenoxy) is 1. The summed E-state index contributed by atoms with van der Waals surface area (Å²) in [6.45, 7) is 2.21. The van der Waals surface area contributed by atoms with E-state index in [0.29, 0.717) is 19.1 Å². The van der Waals surface area contributed by atoms with Gasteiger partial charge >= 0.3 is 5.97 Å². The van der Waals surface area contributed by atoms with Crippen molar-refractivity contribution in [2.24, 2.45) is 0 Å². The molecule has 0 aromatic heterocycles. The van der Waals surface area contributed by atoms with Crippen molar-refractivity contribution in [1.29, 1.82) is 0 Å². The molecule has 1 aliphatic rings. The molecule has 0 saturated heterocycles. The zero-order valence-corrected chi connectivity index (χ0v) is 20.7. The number of thiocarbonyl (C=S) groups is 1. The molecule has 2 aromatic carbocycles. The van der Waals surface area contributed by atoms with Crippen LogP contribution in [0.4, 0.5) is 0 Å². The van der Waals surface area contributed by atoms with E-state index in [1.807, 2.05) is 19.1 Å². The molecule has 0 bridgehead atoms. The lowest BCUT2D eigenvalue weighted by Gasteiger charge is -2.36. The summed E-state index contributed by atoms with van der Waals surface area (Å²) in [5.74, 6) is -0.704. The van der Waals surface area contributed by atoms with Gasteiger partial charge in [0, 0.05) is 32.0 Å². The molecule has 0 aliphatic heterocycles. The molecule has 0 amide bonds. The Labute approximate surface area is 204 Å². The molecule has 1 fully saturated rings. The fourth-order valence-electron chi connectivity index (χ4n) is 4.80. The Kier molecular flexibility index (Phi) is 9.89. The van der Waals surface area contributed by atoms with E-state index in [4.69, 9.17) is 17.0 Å². The fourth-order valence-corrected chi connectivity index (χ4v) is 5.20. The van der Waals surface area contributed by atoms with Crippen LogP contribution in [0.25, 0.3) is 0 Å². The molecular weight excluding hydrogens is 430 g/mol. The van der Waals surface area contributed by atoms with E-state index < -0.39 is 12.1 Å². The Morgan fingerprint density at radius 3 is 2.30 bits per heavy atom. The van der Waals surface area contributed by atoms with E-state index in [9.17, 15) is 9.90 Å². The first kappa shape index (κ1) is 25.4. The van der Waals surface area contributed by atoms with Crippen LogP contribution < -0.4 is 0 Å². The summed E-state index contributed by atoms with van der Waals surface area (Å²) < 4.78 is 5.35. The second-order valence-electron chi connectivity index (χ2n) is 9.05. The molecule has 0 heterocycles. The highest BCUT2D eigenvalue weighted by Crippen LogP contribution is 2.29. The van der Waals surface area contributed by atoms with Gasteiger partial charge in [0.25, 0.3) is 0 Å². The van der Waals surface area contributed by atoms with E-state index in [2.05, 4.69) is 54.4 Å². The number of hydrogen-bond acceptors (Lipinski definition) is 3. The van der Waals surface area contributed by atoms with Crippen molar-refractivity contribution >= 4 is 23.2 Å². The number of rotatable bonds is 11. The lowest BCUT2D eigenvalue weighted by molar-refractivity contribution is -0.149. The molecule has 1 unspecified atom stereocenters. The average Bonchev–Trinajstić information content (AvgIpc) is 2.85. The lowest BCUT2D eigenvalue weighted by atomic mass is 9.89. The van der Waals surface area contributed by atoms with Gasteiger partial charge in [-0.2, -0.15) is 0 Å². The minimum atomic E-state index is -0.915. The van der Waals surface area contributed by atoms with Crippen LogP contribution in [-0.2, 0) is 22.4 Å². The summed E-state index contributed by atoms with van der Waals surface area (Å²) >= 11 is 6.05. The predicted molar refractivity (Wildman–Crippen MR) is 138 cm³/mol. The summed E-state index contributed by atoms with van der Waals surface area (Å²) in [6.07, 6.45) is 7.87. The van der Waals surface area contributed by atoms with Crippen LogP contribution in [0.15, 0.2) is 54.6 Å². The van der Waals surface area contributed by atoms with Crippen LogP contribution in [0.2, 0.25) is 0 Å². The smallest absolute Gasteiger partial charge is 0.333 e. The van der Waals surface area contributed by atoms with Gasteiger partial charge in [-0.15, -0.1) is 0 Å². The van der Waals surface area contributed by atoms with E-state index in [-0.39, 0.29) is 5.92 Å². The zero-order chi connectivity index (χ0) is 23.6. The van der Waals surface area contributed by atoms with E-state index in [1.165, 1.54) is 43.2 Å². The van der Waals surface area contributed by atoms with Crippen LogP contribution in [-0.4, -0.2) is 46.8 Å². The molecule has 4 nitrogen and oxygen atoms in total. The standard InChI is InChI=1S/C28H37NO3S/c1-3-32-26(28(30)31)20-22-16-14-21(15-17-22)18-19-25(23-10-6-4-7-11-23)27(33)29(2)24-12-8-5-9-13-24/h4,6-7,10-11,14-17,24-26H,3,5,8-9,12-13,18-20H2,1-2H3,(H,30,31)/t25?,26-/m1/s1. The van der Waals surface area contributed by atoms with Crippen molar-refractivity contribution in [2.45, 2.75) is 76.4 Å². The quantitative estimate of drug-likeness (QED) is 0.409. The summed E-state index contributed by atoms with van der Waals surface area (Å²) in [7, 11) is 2.18. The van der Waals surface area contributed by atoms with Gasteiger partial charge in [0.05, 0.1) is 4.99 Å². The highest BCUT2D eigenvalue weighted by atomic mass is 32.1. The average molecular weight is 468 g/mol. The maximum absolute atomic E-state index is 11.4. The van der Waals surface area contributed by atoms with Crippen LogP contribution in [0.3, 0.4) is 0 Å². The van der Waals surface area contributed by atoms with Gasteiger partial charge < -0.3 is 14.7 Å². The first-order valence-electron chi connectivity index (χ1n) is 12.2. The molecule has 33 heavy (non-hydrogen) atoms. The molecule has 5 heteroatoms. The minimum absolute atomic E-state index is 0.210. The Morgan fingerprint density at radius 1 is 1.06 bits per heavy atom. The molecule has 2 aromatic rings. The number of nitrogens with zero attached hydrogens (tertiary/aromatic N) is 1. The number of hydrogen-bond donors (Lipinski definition) is 1. The van der Waals surface area contributed by atoms with Gasteiger partial charge in [0.1, 0.15) is 0 Å². The highest BCUT2D eigenvalue weighted by Gasteiger charge is 2.26. The lowest BCUT2D eigenvalue weighted by Crippen LogP contribution is -2.40. The number of likely N-dealkylation sites (N-methyl/N-ethyl adjacent to an activating group) is 1.